The van der Waals surface area contributed by atoms with E-state index in [1.165, 1.54) is 5.56 Å². The van der Waals surface area contributed by atoms with Gasteiger partial charge in [-0.2, -0.15) is 11.3 Å². The standard InChI is InChI=1S/C10H9BrOS2/c11-8-2-4-14-10(8)9(12)5-7-1-3-13-6-7/h1-4,6,9,12H,5H2. The van der Waals surface area contributed by atoms with Gasteiger partial charge in [-0.1, -0.05) is 0 Å². The number of hydrogen-bond donors (Lipinski definition) is 1. The van der Waals surface area contributed by atoms with Crippen molar-refractivity contribution in [3.05, 3.63) is 43.2 Å². The molecular formula is C10H9BrOS2. The van der Waals surface area contributed by atoms with E-state index in [9.17, 15) is 5.11 Å². The lowest BCUT2D eigenvalue weighted by atomic mass is 10.1. The average molecular weight is 289 g/mol. The average Bonchev–Trinajstić information content (AvgIpc) is 2.75. The van der Waals surface area contributed by atoms with Crippen molar-refractivity contribution in [2.24, 2.45) is 0 Å². The minimum absolute atomic E-state index is 0.390. The van der Waals surface area contributed by atoms with E-state index in [-0.39, 0.29) is 6.10 Å². The molecule has 2 aromatic rings. The summed E-state index contributed by atoms with van der Waals surface area (Å²) >= 11 is 6.67. The summed E-state index contributed by atoms with van der Waals surface area (Å²) in [6, 6.07) is 4.02. The number of thiophene rings is 2. The van der Waals surface area contributed by atoms with E-state index < -0.39 is 0 Å². The number of rotatable bonds is 3. The summed E-state index contributed by atoms with van der Waals surface area (Å²) in [5, 5.41) is 16.0. The minimum Gasteiger partial charge on any atom is -0.387 e. The predicted molar refractivity (Wildman–Crippen MR) is 65.0 cm³/mol. The van der Waals surface area contributed by atoms with Crippen molar-refractivity contribution in [1.82, 2.24) is 0 Å². The van der Waals surface area contributed by atoms with Crippen LogP contribution in [0.5, 0.6) is 0 Å². The first-order valence-electron chi connectivity index (χ1n) is 4.19. The quantitative estimate of drug-likeness (QED) is 0.910. The molecule has 0 bridgehead atoms. The summed E-state index contributed by atoms with van der Waals surface area (Å²) in [7, 11) is 0. The zero-order valence-electron chi connectivity index (χ0n) is 7.31. The lowest BCUT2D eigenvalue weighted by molar-refractivity contribution is 0.182. The zero-order chi connectivity index (χ0) is 9.97. The highest BCUT2D eigenvalue weighted by atomic mass is 79.9. The summed E-state index contributed by atoms with van der Waals surface area (Å²) in [6.45, 7) is 0. The molecule has 2 rings (SSSR count). The van der Waals surface area contributed by atoms with Crippen LogP contribution in [-0.4, -0.2) is 5.11 Å². The Labute approximate surface area is 99.2 Å². The molecule has 2 aromatic heterocycles. The smallest absolute Gasteiger partial charge is 0.0933 e. The molecule has 1 atom stereocenters. The van der Waals surface area contributed by atoms with Gasteiger partial charge in [0.1, 0.15) is 0 Å². The van der Waals surface area contributed by atoms with Gasteiger partial charge in [-0.25, -0.2) is 0 Å². The normalized spacial score (nSPS) is 13.0. The fraction of sp³-hybridized carbons (Fsp3) is 0.200. The van der Waals surface area contributed by atoms with Gasteiger partial charge in [0.15, 0.2) is 0 Å². The van der Waals surface area contributed by atoms with E-state index in [1.807, 2.05) is 16.8 Å². The molecule has 4 heteroatoms. The van der Waals surface area contributed by atoms with Crippen molar-refractivity contribution in [1.29, 1.82) is 0 Å². The van der Waals surface area contributed by atoms with Crippen molar-refractivity contribution in [3.63, 3.8) is 0 Å². The van der Waals surface area contributed by atoms with Crippen molar-refractivity contribution >= 4 is 38.6 Å². The lowest BCUT2D eigenvalue weighted by Crippen LogP contribution is -1.98. The van der Waals surface area contributed by atoms with Gasteiger partial charge in [0.2, 0.25) is 0 Å². The highest BCUT2D eigenvalue weighted by Crippen LogP contribution is 2.31. The van der Waals surface area contributed by atoms with E-state index in [4.69, 9.17) is 0 Å². The van der Waals surface area contributed by atoms with Crippen LogP contribution in [0.3, 0.4) is 0 Å². The molecule has 0 aliphatic rings. The molecule has 14 heavy (non-hydrogen) atoms. The van der Waals surface area contributed by atoms with Crippen LogP contribution in [0.25, 0.3) is 0 Å². The number of aliphatic hydroxyl groups excluding tert-OH is 1. The molecular weight excluding hydrogens is 280 g/mol. The summed E-state index contributed by atoms with van der Waals surface area (Å²) in [5.41, 5.74) is 1.20. The fourth-order valence-electron chi connectivity index (χ4n) is 1.27. The van der Waals surface area contributed by atoms with E-state index in [1.54, 1.807) is 22.7 Å². The second kappa shape index (κ2) is 4.57. The summed E-state index contributed by atoms with van der Waals surface area (Å²) in [4.78, 5) is 1.01. The number of aliphatic hydroxyl groups is 1. The van der Waals surface area contributed by atoms with Crippen LogP contribution in [0.15, 0.2) is 32.7 Å². The highest BCUT2D eigenvalue weighted by molar-refractivity contribution is 9.10. The van der Waals surface area contributed by atoms with Gasteiger partial charge in [-0.3, -0.25) is 0 Å². The van der Waals surface area contributed by atoms with Gasteiger partial charge >= 0.3 is 0 Å². The second-order valence-electron chi connectivity index (χ2n) is 2.98. The predicted octanol–water partition coefficient (Wildman–Crippen LogP) is 3.85. The Morgan fingerprint density at radius 2 is 2.21 bits per heavy atom. The topological polar surface area (TPSA) is 20.2 Å². The molecule has 74 valence electrons. The van der Waals surface area contributed by atoms with Gasteiger partial charge in [0, 0.05) is 15.8 Å². The van der Waals surface area contributed by atoms with Crippen molar-refractivity contribution in [2.45, 2.75) is 12.5 Å². The van der Waals surface area contributed by atoms with Gasteiger partial charge in [0.05, 0.1) is 6.10 Å². The molecule has 0 radical (unpaired) electrons. The lowest BCUT2D eigenvalue weighted by Gasteiger charge is -2.07. The molecule has 0 spiro atoms. The molecule has 1 unspecified atom stereocenters. The largest absolute Gasteiger partial charge is 0.387 e. The maximum absolute atomic E-state index is 9.95. The van der Waals surface area contributed by atoms with Crippen LogP contribution in [0.4, 0.5) is 0 Å². The molecule has 0 fully saturated rings. The number of halogens is 1. The SMILES string of the molecule is OC(Cc1ccsc1)c1sccc1Br. The Balaban J connectivity index is 2.10. The van der Waals surface area contributed by atoms with Crippen LogP contribution in [0, 0.1) is 0 Å². The van der Waals surface area contributed by atoms with E-state index in [0.29, 0.717) is 6.42 Å². The molecule has 0 saturated carbocycles. The molecule has 0 aliphatic heterocycles. The Morgan fingerprint density at radius 3 is 2.79 bits per heavy atom. The maximum atomic E-state index is 9.95. The van der Waals surface area contributed by atoms with Crippen LogP contribution in [0.1, 0.15) is 16.5 Å². The van der Waals surface area contributed by atoms with Crippen molar-refractivity contribution in [2.75, 3.05) is 0 Å². The third kappa shape index (κ3) is 2.25. The molecule has 0 aromatic carbocycles. The van der Waals surface area contributed by atoms with Crippen molar-refractivity contribution < 1.29 is 5.11 Å². The first kappa shape index (κ1) is 10.4. The second-order valence-corrected chi connectivity index (χ2v) is 5.57. The zero-order valence-corrected chi connectivity index (χ0v) is 10.5. The van der Waals surface area contributed by atoms with Crippen LogP contribution in [-0.2, 0) is 6.42 Å². The van der Waals surface area contributed by atoms with Gasteiger partial charge in [-0.05, 0) is 49.8 Å². The summed E-state index contributed by atoms with van der Waals surface area (Å²) in [6.07, 6.45) is 0.307. The first-order valence-corrected chi connectivity index (χ1v) is 6.81. The Bertz CT molecular complexity index is 394. The monoisotopic (exact) mass is 288 g/mol. The molecule has 0 saturated heterocycles. The molecule has 1 nitrogen and oxygen atoms in total. The molecule has 0 amide bonds. The maximum Gasteiger partial charge on any atom is 0.0933 e. The third-order valence-electron chi connectivity index (χ3n) is 1.96. The van der Waals surface area contributed by atoms with E-state index >= 15 is 0 Å². The molecule has 1 N–H and O–H groups in total. The van der Waals surface area contributed by atoms with Crippen LogP contribution in [0.2, 0.25) is 0 Å². The first-order chi connectivity index (χ1) is 6.77. The highest BCUT2D eigenvalue weighted by Gasteiger charge is 2.13. The van der Waals surface area contributed by atoms with Gasteiger partial charge in [0.25, 0.3) is 0 Å². The number of hydrogen-bond acceptors (Lipinski definition) is 3. The van der Waals surface area contributed by atoms with E-state index in [0.717, 1.165) is 9.35 Å². The summed E-state index contributed by atoms with van der Waals surface area (Å²) < 4.78 is 1.00. The van der Waals surface area contributed by atoms with Crippen LogP contribution < -0.4 is 0 Å². The minimum atomic E-state index is -0.390. The van der Waals surface area contributed by atoms with Crippen molar-refractivity contribution in [3.8, 4) is 0 Å². The molecule has 2 heterocycles. The fourth-order valence-corrected chi connectivity index (χ4v) is 3.57. The van der Waals surface area contributed by atoms with Crippen LogP contribution >= 0.6 is 38.6 Å². The summed E-state index contributed by atoms with van der Waals surface area (Å²) in [5.74, 6) is 0. The third-order valence-corrected chi connectivity index (χ3v) is 4.66. The Kier molecular flexibility index (Phi) is 3.38. The van der Waals surface area contributed by atoms with Gasteiger partial charge in [-0.15, -0.1) is 11.3 Å². The molecule has 0 aliphatic carbocycles. The van der Waals surface area contributed by atoms with E-state index in [2.05, 4.69) is 27.4 Å². The Morgan fingerprint density at radius 1 is 1.36 bits per heavy atom. The van der Waals surface area contributed by atoms with Gasteiger partial charge < -0.3 is 5.11 Å². The Hall–Kier alpha value is -0.160.